The highest BCUT2D eigenvalue weighted by atomic mass is 16.6. The third kappa shape index (κ3) is 5.23. The predicted molar refractivity (Wildman–Crippen MR) is 76.2 cm³/mol. The molecule has 114 valence electrons. The molecule has 1 fully saturated rings. The molecule has 20 heavy (non-hydrogen) atoms. The maximum absolute atomic E-state index is 12.0. The quantitative estimate of drug-likeness (QED) is 0.636. The van der Waals surface area contributed by atoms with Crippen LogP contribution in [0.5, 0.6) is 0 Å². The first-order valence-corrected chi connectivity index (χ1v) is 7.04. The molecule has 5 nitrogen and oxygen atoms in total. The van der Waals surface area contributed by atoms with E-state index >= 15 is 0 Å². The molecule has 0 aliphatic carbocycles. The van der Waals surface area contributed by atoms with Crippen LogP contribution in [0.3, 0.4) is 0 Å². The second-order valence-electron chi connectivity index (χ2n) is 6.26. The van der Waals surface area contributed by atoms with Crippen molar-refractivity contribution in [2.75, 3.05) is 0 Å². The van der Waals surface area contributed by atoms with E-state index in [-0.39, 0.29) is 18.0 Å². The molecule has 1 aliphatic rings. The smallest absolute Gasteiger partial charge is 0.408 e. The van der Waals surface area contributed by atoms with Crippen molar-refractivity contribution in [3.63, 3.8) is 0 Å². The minimum atomic E-state index is -0.634. The Hall–Kier alpha value is -1.52. The zero-order chi connectivity index (χ0) is 15.3. The van der Waals surface area contributed by atoms with Gasteiger partial charge in [0.1, 0.15) is 17.7 Å². The molecule has 0 spiro atoms. The van der Waals surface area contributed by atoms with E-state index in [1.807, 2.05) is 13.0 Å². The van der Waals surface area contributed by atoms with Crippen LogP contribution >= 0.6 is 0 Å². The molecule has 0 aromatic carbocycles. The molecule has 1 amide bonds. The van der Waals surface area contributed by atoms with Crippen LogP contribution in [0.2, 0.25) is 0 Å². The summed E-state index contributed by atoms with van der Waals surface area (Å²) < 4.78 is 10.5. The van der Waals surface area contributed by atoms with Crippen LogP contribution < -0.4 is 5.32 Å². The average molecular weight is 283 g/mol. The van der Waals surface area contributed by atoms with Crippen molar-refractivity contribution >= 4 is 12.1 Å². The van der Waals surface area contributed by atoms with E-state index in [1.165, 1.54) is 0 Å². The predicted octanol–water partition coefficient (Wildman–Crippen LogP) is 2.80. The molecule has 1 N–H and O–H groups in total. The number of allylic oxidation sites excluding steroid dienone is 1. The molecule has 1 aliphatic heterocycles. The lowest BCUT2D eigenvalue weighted by molar-refractivity contribution is -0.160. The standard InChI is InChI=1S/C15H25NO4/c1-6-7-8-11-9-10(2)12(13(17)19-11)16-14(18)20-15(3,4)5/h6,10-12H,1,7-9H2,2-5H3,(H,16,18). The van der Waals surface area contributed by atoms with Gasteiger partial charge in [0.05, 0.1) is 0 Å². The molecule has 5 heteroatoms. The van der Waals surface area contributed by atoms with Crippen molar-refractivity contribution in [2.24, 2.45) is 5.92 Å². The molecule has 1 saturated heterocycles. The Kier molecular flexibility index (Phi) is 5.60. The Morgan fingerprint density at radius 2 is 2.20 bits per heavy atom. The summed E-state index contributed by atoms with van der Waals surface area (Å²) in [6.45, 7) is 10.9. The van der Waals surface area contributed by atoms with Gasteiger partial charge in [0.25, 0.3) is 0 Å². The monoisotopic (exact) mass is 283 g/mol. The van der Waals surface area contributed by atoms with Crippen LogP contribution in [0, 0.1) is 5.92 Å². The topological polar surface area (TPSA) is 64.6 Å². The summed E-state index contributed by atoms with van der Waals surface area (Å²) in [6, 6.07) is -0.634. The van der Waals surface area contributed by atoms with Crippen molar-refractivity contribution in [1.82, 2.24) is 5.32 Å². The highest BCUT2D eigenvalue weighted by molar-refractivity contribution is 5.82. The Morgan fingerprint density at radius 1 is 1.55 bits per heavy atom. The second-order valence-corrected chi connectivity index (χ2v) is 6.26. The number of carbonyl (C=O) groups is 2. The zero-order valence-electron chi connectivity index (χ0n) is 12.8. The van der Waals surface area contributed by atoms with E-state index in [4.69, 9.17) is 9.47 Å². The largest absolute Gasteiger partial charge is 0.461 e. The Bertz CT molecular complexity index is 373. The summed E-state index contributed by atoms with van der Waals surface area (Å²) in [5.74, 6) is -0.359. The van der Waals surface area contributed by atoms with Gasteiger partial charge < -0.3 is 14.8 Å². The third-order valence-electron chi connectivity index (χ3n) is 3.11. The minimum Gasteiger partial charge on any atom is -0.461 e. The van der Waals surface area contributed by atoms with E-state index in [0.29, 0.717) is 0 Å². The highest BCUT2D eigenvalue weighted by Crippen LogP contribution is 2.24. The number of cyclic esters (lactones) is 1. The summed E-state index contributed by atoms with van der Waals surface area (Å²) >= 11 is 0. The van der Waals surface area contributed by atoms with Crippen molar-refractivity contribution in [3.8, 4) is 0 Å². The highest BCUT2D eigenvalue weighted by Gasteiger charge is 2.37. The van der Waals surface area contributed by atoms with E-state index in [2.05, 4.69) is 11.9 Å². The number of alkyl carbamates (subject to hydrolysis) is 1. The number of esters is 1. The maximum Gasteiger partial charge on any atom is 0.408 e. The number of nitrogens with one attached hydrogen (secondary N) is 1. The number of ether oxygens (including phenoxy) is 2. The lowest BCUT2D eigenvalue weighted by atomic mass is 9.90. The van der Waals surface area contributed by atoms with E-state index in [9.17, 15) is 9.59 Å². The van der Waals surface area contributed by atoms with Gasteiger partial charge in [0, 0.05) is 0 Å². The summed E-state index contributed by atoms with van der Waals surface area (Å²) in [7, 11) is 0. The Morgan fingerprint density at radius 3 is 2.70 bits per heavy atom. The molecule has 1 rings (SSSR count). The number of amides is 1. The molecule has 0 bridgehead atoms. The zero-order valence-corrected chi connectivity index (χ0v) is 12.8. The van der Waals surface area contributed by atoms with Gasteiger partial charge in [-0.25, -0.2) is 9.59 Å². The minimum absolute atomic E-state index is 0.0265. The van der Waals surface area contributed by atoms with Gasteiger partial charge in [0.15, 0.2) is 0 Å². The average Bonchev–Trinajstić information content (AvgIpc) is 2.29. The van der Waals surface area contributed by atoms with Crippen molar-refractivity contribution in [2.45, 2.75) is 64.7 Å². The summed E-state index contributed by atoms with van der Waals surface area (Å²) in [5, 5.41) is 2.60. The first-order chi connectivity index (χ1) is 9.23. The van der Waals surface area contributed by atoms with Crippen LogP contribution in [0.4, 0.5) is 4.79 Å². The first-order valence-electron chi connectivity index (χ1n) is 7.04. The number of hydrogen-bond donors (Lipinski definition) is 1. The van der Waals surface area contributed by atoms with Gasteiger partial charge in [-0.05, 0) is 46.0 Å². The number of rotatable bonds is 4. The summed E-state index contributed by atoms with van der Waals surface area (Å²) in [5.41, 5.74) is -0.585. The molecule has 3 unspecified atom stereocenters. The van der Waals surface area contributed by atoms with Gasteiger partial charge in [-0.2, -0.15) is 0 Å². The summed E-state index contributed by atoms with van der Waals surface area (Å²) in [6.07, 6.45) is 3.46. The van der Waals surface area contributed by atoms with E-state index in [0.717, 1.165) is 19.3 Å². The van der Waals surface area contributed by atoms with Crippen LogP contribution in [-0.2, 0) is 14.3 Å². The van der Waals surface area contributed by atoms with E-state index in [1.54, 1.807) is 20.8 Å². The number of carbonyl (C=O) groups excluding carboxylic acids is 2. The van der Waals surface area contributed by atoms with E-state index < -0.39 is 17.7 Å². The first kappa shape index (κ1) is 16.5. The van der Waals surface area contributed by atoms with Gasteiger partial charge >= 0.3 is 12.1 Å². The Labute approximate surface area is 120 Å². The Balaban J connectivity index is 2.54. The van der Waals surface area contributed by atoms with Crippen molar-refractivity contribution in [3.05, 3.63) is 12.7 Å². The lowest BCUT2D eigenvalue weighted by Crippen LogP contribution is -2.52. The molecule has 0 aromatic rings. The molecule has 3 atom stereocenters. The normalized spacial score (nSPS) is 26.6. The fourth-order valence-electron chi connectivity index (χ4n) is 2.18. The van der Waals surface area contributed by atoms with Gasteiger partial charge in [-0.1, -0.05) is 13.0 Å². The fourth-order valence-corrected chi connectivity index (χ4v) is 2.18. The molecular formula is C15H25NO4. The van der Waals surface area contributed by atoms with Crippen LogP contribution in [0.25, 0.3) is 0 Å². The molecule has 0 saturated carbocycles. The van der Waals surface area contributed by atoms with Crippen LogP contribution in [0.1, 0.15) is 47.0 Å². The molecule has 1 heterocycles. The van der Waals surface area contributed by atoms with Crippen LogP contribution in [0.15, 0.2) is 12.7 Å². The van der Waals surface area contributed by atoms with Crippen molar-refractivity contribution < 1.29 is 19.1 Å². The third-order valence-corrected chi connectivity index (χ3v) is 3.11. The maximum atomic E-state index is 12.0. The van der Waals surface area contributed by atoms with Crippen LogP contribution in [-0.4, -0.2) is 29.8 Å². The lowest BCUT2D eigenvalue weighted by Gasteiger charge is -2.33. The molecular weight excluding hydrogens is 258 g/mol. The number of hydrogen-bond acceptors (Lipinski definition) is 4. The second kappa shape index (κ2) is 6.77. The molecule has 0 radical (unpaired) electrons. The molecule has 0 aromatic heterocycles. The fraction of sp³-hybridized carbons (Fsp3) is 0.733. The van der Waals surface area contributed by atoms with Crippen molar-refractivity contribution in [1.29, 1.82) is 0 Å². The van der Waals surface area contributed by atoms with Gasteiger partial charge in [-0.3, -0.25) is 0 Å². The SMILES string of the molecule is C=CCCC1CC(C)C(NC(=O)OC(C)(C)C)C(=O)O1. The summed E-state index contributed by atoms with van der Waals surface area (Å²) in [4.78, 5) is 23.7. The van der Waals surface area contributed by atoms with Gasteiger partial charge in [0.2, 0.25) is 0 Å². The van der Waals surface area contributed by atoms with Gasteiger partial charge in [-0.15, -0.1) is 6.58 Å².